The smallest absolute Gasteiger partial charge is 0.245 e. The lowest BCUT2D eigenvalue weighted by Gasteiger charge is -2.34. The van der Waals surface area contributed by atoms with Crippen LogP contribution in [0.25, 0.3) is 0 Å². The molecule has 1 N–H and O–H groups in total. The molecule has 0 aromatic heterocycles. The van der Waals surface area contributed by atoms with Gasteiger partial charge in [-0.1, -0.05) is 26.0 Å². The maximum Gasteiger partial charge on any atom is 0.245 e. The third-order valence-electron chi connectivity index (χ3n) is 3.26. The summed E-state index contributed by atoms with van der Waals surface area (Å²) in [7, 11) is -3.42. The second-order valence-corrected chi connectivity index (χ2v) is 8.89. The van der Waals surface area contributed by atoms with Gasteiger partial charge in [0.05, 0.1) is 5.69 Å². The van der Waals surface area contributed by atoms with Crippen molar-refractivity contribution in [1.29, 1.82) is 0 Å². The Morgan fingerprint density at radius 1 is 1.25 bits per heavy atom. The molecule has 0 saturated carbocycles. The first kappa shape index (κ1) is 15.7. The van der Waals surface area contributed by atoms with Crippen molar-refractivity contribution in [2.75, 3.05) is 25.0 Å². The summed E-state index contributed by atoms with van der Waals surface area (Å²) >= 11 is 1.85. The van der Waals surface area contributed by atoms with E-state index in [0.29, 0.717) is 40.7 Å². The molecule has 1 fully saturated rings. The molecule has 1 aliphatic heterocycles. The first-order valence-corrected chi connectivity index (χ1v) is 9.32. The van der Waals surface area contributed by atoms with Crippen LogP contribution in [0.3, 0.4) is 0 Å². The highest BCUT2D eigenvalue weighted by Crippen LogP contribution is 2.31. The lowest BCUT2D eigenvalue weighted by atomic mass is 10.3. The van der Waals surface area contributed by atoms with Gasteiger partial charge in [-0.05, 0) is 19.1 Å². The number of hydrogen-bond donors (Lipinski definition) is 1. The van der Waals surface area contributed by atoms with E-state index in [9.17, 15) is 8.42 Å². The molecule has 1 aromatic carbocycles. The van der Waals surface area contributed by atoms with Gasteiger partial charge in [0.25, 0.3) is 0 Å². The zero-order valence-corrected chi connectivity index (χ0v) is 13.8. The molecule has 0 amide bonds. The van der Waals surface area contributed by atoms with Crippen molar-refractivity contribution in [1.82, 2.24) is 4.31 Å². The number of rotatable bonds is 4. The lowest BCUT2D eigenvalue weighted by molar-refractivity contribution is 0.405. The summed E-state index contributed by atoms with van der Waals surface area (Å²) in [5.41, 5.74) is 0.688. The van der Waals surface area contributed by atoms with Gasteiger partial charge in [0.2, 0.25) is 10.0 Å². The van der Waals surface area contributed by atoms with Gasteiger partial charge in [-0.25, -0.2) is 8.42 Å². The molecule has 1 aliphatic rings. The Morgan fingerprint density at radius 2 is 1.85 bits per heavy atom. The molecule has 1 aromatic rings. The van der Waals surface area contributed by atoms with Gasteiger partial charge in [0, 0.05) is 30.1 Å². The van der Waals surface area contributed by atoms with Crippen LogP contribution in [0.2, 0.25) is 0 Å². The second kappa shape index (κ2) is 6.37. The molecule has 0 radical (unpaired) electrons. The summed E-state index contributed by atoms with van der Waals surface area (Å²) in [5.74, 6) is 0. The van der Waals surface area contributed by atoms with Gasteiger partial charge in [0.1, 0.15) is 4.90 Å². The van der Waals surface area contributed by atoms with Crippen LogP contribution in [0.4, 0.5) is 5.69 Å². The highest BCUT2D eigenvalue weighted by Gasteiger charge is 2.33. The SMILES string of the molecule is CCNc1ccccc1S(=O)(=O)N1CC(C)SC(C)C1. The Bertz CT molecular complexity index is 550. The van der Waals surface area contributed by atoms with Crippen LogP contribution >= 0.6 is 11.8 Å². The fraction of sp³-hybridized carbons (Fsp3) is 0.571. The van der Waals surface area contributed by atoms with E-state index in [1.807, 2.05) is 30.8 Å². The molecule has 6 heteroatoms. The van der Waals surface area contributed by atoms with Crippen molar-refractivity contribution in [3.63, 3.8) is 0 Å². The van der Waals surface area contributed by atoms with Gasteiger partial charge in [0.15, 0.2) is 0 Å². The van der Waals surface area contributed by atoms with Crippen molar-refractivity contribution in [3.05, 3.63) is 24.3 Å². The van der Waals surface area contributed by atoms with Crippen LogP contribution < -0.4 is 5.32 Å². The minimum atomic E-state index is -3.42. The average Bonchev–Trinajstić information content (AvgIpc) is 2.38. The predicted octanol–water partition coefficient (Wildman–Crippen LogP) is 2.63. The maximum absolute atomic E-state index is 12.9. The number of sulfonamides is 1. The van der Waals surface area contributed by atoms with Gasteiger partial charge >= 0.3 is 0 Å². The van der Waals surface area contributed by atoms with Gasteiger partial charge in [-0.15, -0.1) is 0 Å². The Kier molecular flexibility index (Phi) is 4.99. The van der Waals surface area contributed by atoms with Crippen LogP contribution in [-0.2, 0) is 10.0 Å². The molecule has 20 heavy (non-hydrogen) atoms. The number of anilines is 1. The van der Waals surface area contributed by atoms with E-state index in [-0.39, 0.29) is 0 Å². The summed E-state index contributed by atoms with van der Waals surface area (Å²) < 4.78 is 27.3. The summed E-state index contributed by atoms with van der Waals surface area (Å²) in [6, 6.07) is 7.14. The van der Waals surface area contributed by atoms with E-state index in [1.165, 1.54) is 0 Å². The summed E-state index contributed by atoms with van der Waals surface area (Å²) in [5, 5.41) is 3.80. The van der Waals surface area contributed by atoms with E-state index in [1.54, 1.807) is 16.4 Å². The molecule has 2 atom stereocenters. The van der Waals surface area contributed by atoms with Gasteiger partial charge in [-0.3, -0.25) is 0 Å². The Labute approximate surface area is 126 Å². The molecular formula is C14H22N2O2S2. The largest absolute Gasteiger partial charge is 0.384 e. The maximum atomic E-state index is 12.9. The van der Waals surface area contributed by atoms with Crippen LogP contribution in [0.5, 0.6) is 0 Å². The zero-order chi connectivity index (χ0) is 14.8. The van der Waals surface area contributed by atoms with Crippen LogP contribution in [0, 0.1) is 0 Å². The highest BCUT2D eigenvalue weighted by atomic mass is 32.2. The quantitative estimate of drug-likeness (QED) is 0.928. The standard InChI is InChI=1S/C14H22N2O2S2/c1-4-15-13-7-5-6-8-14(13)20(17,18)16-9-11(2)19-12(3)10-16/h5-8,11-12,15H,4,9-10H2,1-3H3. The number of benzene rings is 1. The molecule has 4 nitrogen and oxygen atoms in total. The summed E-state index contributed by atoms with van der Waals surface area (Å²) in [6.45, 7) is 7.99. The van der Waals surface area contributed by atoms with E-state index in [0.717, 1.165) is 0 Å². The molecule has 2 rings (SSSR count). The number of nitrogens with one attached hydrogen (secondary N) is 1. The third-order valence-corrected chi connectivity index (χ3v) is 6.38. The number of hydrogen-bond acceptors (Lipinski definition) is 4. The Hall–Kier alpha value is -0.720. The third kappa shape index (κ3) is 3.30. The van der Waals surface area contributed by atoms with Crippen molar-refractivity contribution in [2.24, 2.45) is 0 Å². The van der Waals surface area contributed by atoms with Gasteiger partial charge < -0.3 is 5.32 Å². The Morgan fingerprint density at radius 3 is 2.45 bits per heavy atom. The Balaban J connectivity index is 2.35. The summed E-state index contributed by atoms with van der Waals surface area (Å²) in [4.78, 5) is 0.383. The summed E-state index contributed by atoms with van der Waals surface area (Å²) in [6.07, 6.45) is 0. The van der Waals surface area contributed by atoms with Crippen molar-refractivity contribution >= 4 is 27.5 Å². The van der Waals surface area contributed by atoms with Gasteiger partial charge in [-0.2, -0.15) is 16.1 Å². The first-order chi connectivity index (χ1) is 9.45. The predicted molar refractivity (Wildman–Crippen MR) is 85.9 cm³/mol. The number of nitrogens with zero attached hydrogens (tertiary/aromatic N) is 1. The molecule has 0 bridgehead atoms. The fourth-order valence-electron chi connectivity index (χ4n) is 2.49. The molecule has 1 saturated heterocycles. The van der Waals surface area contributed by atoms with Crippen LogP contribution in [-0.4, -0.2) is 42.9 Å². The van der Waals surface area contributed by atoms with Crippen molar-refractivity contribution < 1.29 is 8.42 Å². The van der Waals surface area contributed by atoms with E-state index >= 15 is 0 Å². The minimum absolute atomic E-state index is 0.333. The molecular weight excluding hydrogens is 292 g/mol. The van der Waals surface area contributed by atoms with Crippen molar-refractivity contribution in [3.8, 4) is 0 Å². The normalized spacial score (nSPS) is 24.6. The topological polar surface area (TPSA) is 49.4 Å². The molecule has 0 aliphatic carbocycles. The van der Waals surface area contributed by atoms with Crippen LogP contribution in [0.15, 0.2) is 29.2 Å². The van der Waals surface area contributed by atoms with E-state index in [2.05, 4.69) is 19.2 Å². The van der Waals surface area contributed by atoms with E-state index in [4.69, 9.17) is 0 Å². The average molecular weight is 314 g/mol. The van der Waals surface area contributed by atoms with Crippen molar-refractivity contribution in [2.45, 2.75) is 36.2 Å². The molecule has 2 unspecified atom stereocenters. The molecule has 1 heterocycles. The first-order valence-electron chi connectivity index (χ1n) is 6.93. The van der Waals surface area contributed by atoms with Crippen LogP contribution in [0.1, 0.15) is 20.8 Å². The lowest BCUT2D eigenvalue weighted by Crippen LogP contribution is -2.44. The zero-order valence-electron chi connectivity index (χ0n) is 12.2. The number of para-hydroxylation sites is 1. The fourth-order valence-corrected chi connectivity index (χ4v) is 5.79. The second-order valence-electron chi connectivity index (χ2n) is 5.11. The van der Waals surface area contributed by atoms with E-state index < -0.39 is 10.0 Å². The number of thioether (sulfide) groups is 1. The molecule has 0 spiro atoms. The molecule has 112 valence electrons. The highest BCUT2D eigenvalue weighted by molar-refractivity contribution is 8.00. The monoisotopic (exact) mass is 314 g/mol. The minimum Gasteiger partial charge on any atom is -0.384 e.